The van der Waals surface area contributed by atoms with Crippen LogP contribution < -0.4 is 5.43 Å². The van der Waals surface area contributed by atoms with Crippen molar-refractivity contribution in [3.63, 3.8) is 0 Å². The number of ether oxygens (including phenoxy) is 1. The van der Waals surface area contributed by atoms with Crippen molar-refractivity contribution in [1.29, 1.82) is 0 Å². The Morgan fingerprint density at radius 1 is 1.52 bits per heavy atom. The number of rotatable bonds is 2. The van der Waals surface area contributed by atoms with Crippen LogP contribution in [0.2, 0.25) is 5.02 Å². The monoisotopic (exact) mass is 307 g/mol. The maximum atomic E-state index is 12.3. The van der Waals surface area contributed by atoms with Gasteiger partial charge in [0.05, 0.1) is 22.6 Å². The number of hydrogen-bond donors (Lipinski definition) is 1. The molecule has 2 heterocycles. The van der Waals surface area contributed by atoms with Crippen LogP contribution in [-0.4, -0.2) is 22.4 Å². The molecular formula is C12H8ClN4O4+. The lowest BCUT2D eigenvalue weighted by molar-refractivity contribution is -0.469. The summed E-state index contributed by atoms with van der Waals surface area (Å²) in [5, 5.41) is 7.14. The third-order valence-corrected chi connectivity index (χ3v) is 3.37. The third-order valence-electron chi connectivity index (χ3n) is 3.00. The number of nitroso groups, excluding NO2 is 1. The summed E-state index contributed by atoms with van der Waals surface area (Å²) < 4.78 is 4.80. The highest BCUT2D eigenvalue weighted by molar-refractivity contribution is 6.38. The number of fused-ring (bicyclic) bond motifs is 2. The van der Waals surface area contributed by atoms with Gasteiger partial charge in [0.25, 0.3) is 11.4 Å². The second kappa shape index (κ2) is 4.74. The Morgan fingerprint density at radius 2 is 2.29 bits per heavy atom. The zero-order chi connectivity index (χ0) is 15.1. The smallest absolute Gasteiger partial charge is 0.343 e. The summed E-state index contributed by atoms with van der Waals surface area (Å²) in [5.41, 5.74) is -0.225. The number of hydrogen-bond acceptors (Lipinski definition) is 5. The summed E-state index contributed by atoms with van der Waals surface area (Å²) in [5.74, 6) is -0.745. The predicted molar refractivity (Wildman–Crippen MR) is 73.3 cm³/mol. The van der Waals surface area contributed by atoms with Crippen LogP contribution in [0, 0.1) is 4.91 Å². The lowest BCUT2D eigenvalue weighted by Crippen LogP contribution is -2.18. The summed E-state index contributed by atoms with van der Waals surface area (Å²) in [6, 6.07) is 1.30. The van der Waals surface area contributed by atoms with Crippen LogP contribution in [0.25, 0.3) is 10.9 Å². The van der Waals surface area contributed by atoms with Gasteiger partial charge in [-0.3, -0.25) is 4.79 Å². The molecule has 0 saturated heterocycles. The molecule has 1 aliphatic rings. The highest BCUT2D eigenvalue weighted by Crippen LogP contribution is 2.43. The molecule has 1 aromatic heterocycles. The number of aromatic amines is 1. The Bertz CT molecular complexity index is 887. The van der Waals surface area contributed by atoms with E-state index in [2.05, 4.69) is 15.3 Å². The minimum Gasteiger partial charge on any atom is -0.462 e. The standard InChI is InChI=1S/C12H7ClN4O4/c1-2-21-12(19)6-4-14-9-5(11(6)18)3-7-10(8(9)13)15-16-17(7)20/h3-4H,2H2,1H3/p+1. The van der Waals surface area contributed by atoms with Gasteiger partial charge in [0.15, 0.2) is 5.22 Å². The number of benzene rings is 1. The molecule has 1 aromatic carbocycles. The van der Waals surface area contributed by atoms with E-state index in [0.29, 0.717) is 0 Å². The molecule has 1 N–H and O–H groups in total. The first-order valence-electron chi connectivity index (χ1n) is 5.98. The van der Waals surface area contributed by atoms with Crippen molar-refractivity contribution in [3.8, 4) is 0 Å². The van der Waals surface area contributed by atoms with Crippen molar-refractivity contribution < 1.29 is 14.4 Å². The molecule has 21 heavy (non-hydrogen) atoms. The maximum absolute atomic E-state index is 12.3. The fraction of sp³-hybridized carbons (Fsp3) is 0.167. The van der Waals surface area contributed by atoms with E-state index < -0.39 is 11.4 Å². The van der Waals surface area contributed by atoms with Crippen LogP contribution in [0.15, 0.2) is 27.4 Å². The van der Waals surface area contributed by atoms with E-state index in [1.807, 2.05) is 0 Å². The van der Waals surface area contributed by atoms with Crippen LogP contribution in [0.5, 0.6) is 0 Å². The van der Waals surface area contributed by atoms with Gasteiger partial charge in [-0.2, -0.15) is 0 Å². The topological polar surface area (TPSA) is 104 Å². The molecular weight excluding hydrogens is 300 g/mol. The van der Waals surface area contributed by atoms with Crippen molar-refractivity contribution in [1.82, 2.24) is 4.98 Å². The fourth-order valence-corrected chi connectivity index (χ4v) is 2.33. The molecule has 2 aromatic rings. The van der Waals surface area contributed by atoms with E-state index in [4.69, 9.17) is 16.3 Å². The molecule has 8 nitrogen and oxygen atoms in total. The summed E-state index contributed by atoms with van der Waals surface area (Å²) in [7, 11) is 0. The SMILES string of the molecule is CCOC(=O)c1c[nH]c2c(Cl)c3c(cc2c1=O)[N+](=O)N=N3. The van der Waals surface area contributed by atoms with Crippen LogP contribution in [0.3, 0.4) is 0 Å². The van der Waals surface area contributed by atoms with Gasteiger partial charge in [-0.05, 0) is 11.8 Å². The highest BCUT2D eigenvalue weighted by atomic mass is 35.5. The molecule has 0 unspecified atom stereocenters. The van der Waals surface area contributed by atoms with E-state index in [1.165, 1.54) is 12.3 Å². The molecule has 106 valence electrons. The zero-order valence-electron chi connectivity index (χ0n) is 10.7. The normalized spacial score (nSPS) is 12.8. The van der Waals surface area contributed by atoms with Crippen LogP contribution in [-0.2, 0) is 4.74 Å². The van der Waals surface area contributed by atoms with Gasteiger partial charge in [0, 0.05) is 12.3 Å². The molecule has 0 radical (unpaired) electrons. The number of aromatic nitrogens is 1. The van der Waals surface area contributed by atoms with Crippen molar-refractivity contribution in [2.45, 2.75) is 6.92 Å². The number of nitrogens with one attached hydrogen (secondary N) is 1. The minimum absolute atomic E-state index is 0.0546. The number of H-pyrrole nitrogens is 1. The lowest BCUT2D eigenvalue weighted by Gasteiger charge is -2.04. The van der Waals surface area contributed by atoms with Crippen LogP contribution in [0.1, 0.15) is 17.3 Å². The molecule has 0 aliphatic carbocycles. The Hall–Kier alpha value is -2.61. The number of carbonyl (C=O) groups excluding carboxylic acids is 1. The van der Waals surface area contributed by atoms with Crippen molar-refractivity contribution in [3.05, 3.63) is 38.0 Å². The number of pyridine rings is 1. The van der Waals surface area contributed by atoms with Gasteiger partial charge in [-0.1, -0.05) is 11.6 Å². The molecule has 0 fully saturated rings. The summed E-state index contributed by atoms with van der Waals surface area (Å²) in [6.07, 6.45) is 1.22. The average Bonchev–Trinajstić information content (AvgIpc) is 2.82. The predicted octanol–water partition coefficient (Wildman–Crippen LogP) is 2.78. The maximum Gasteiger partial charge on any atom is 0.343 e. The van der Waals surface area contributed by atoms with Gasteiger partial charge in [0.1, 0.15) is 15.5 Å². The minimum atomic E-state index is -0.745. The quantitative estimate of drug-likeness (QED) is 0.680. The fourth-order valence-electron chi connectivity index (χ4n) is 2.04. The van der Waals surface area contributed by atoms with E-state index in [0.717, 1.165) is 0 Å². The van der Waals surface area contributed by atoms with E-state index in [1.54, 1.807) is 6.92 Å². The first-order valence-corrected chi connectivity index (χ1v) is 6.36. The molecule has 3 rings (SSSR count). The van der Waals surface area contributed by atoms with Gasteiger partial charge in [-0.15, -0.1) is 0 Å². The molecule has 0 atom stereocenters. The first kappa shape index (κ1) is 13.4. The van der Waals surface area contributed by atoms with Crippen molar-refractivity contribution >= 4 is 39.8 Å². The number of esters is 1. The Labute approximate surface area is 121 Å². The molecule has 0 saturated carbocycles. The number of halogens is 1. The van der Waals surface area contributed by atoms with Gasteiger partial charge < -0.3 is 9.72 Å². The molecule has 0 spiro atoms. The second-order valence-electron chi connectivity index (χ2n) is 4.20. The molecule has 0 amide bonds. The lowest BCUT2D eigenvalue weighted by atomic mass is 10.1. The van der Waals surface area contributed by atoms with E-state index in [-0.39, 0.29) is 44.3 Å². The largest absolute Gasteiger partial charge is 0.462 e. The van der Waals surface area contributed by atoms with Gasteiger partial charge >= 0.3 is 5.97 Å². The highest BCUT2D eigenvalue weighted by Gasteiger charge is 2.32. The Kier molecular flexibility index (Phi) is 3.02. The third kappa shape index (κ3) is 1.91. The van der Waals surface area contributed by atoms with Crippen LogP contribution in [0.4, 0.5) is 11.4 Å². The van der Waals surface area contributed by atoms with Crippen molar-refractivity contribution in [2.75, 3.05) is 6.61 Å². The number of carbonyl (C=O) groups is 1. The Balaban J connectivity index is 2.31. The molecule has 1 aliphatic heterocycles. The molecule has 9 heteroatoms. The first-order chi connectivity index (χ1) is 10.0. The second-order valence-corrected chi connectivity index (χ2v) is 4.57. The van der Waals surface area contributed by atoms with Gasteiger partial charge in [0.2, 0.25) is 5.43 Å². The Morgan fingerprint density at radius 3 is 3.00 bits per heavy atom. The van der Waals surface area contributed by atoms with E-state index in [9.17, 15) is 14.5 Å². The summed E-state index contributed by atoms with van der Waals surface area (Å²) >= 11 is 6.11. The number of nitrogens with zero attached hydrogens (tertiary/aromatic N) is 3. The summed E-state index contributed by atoms with van der Waals surface area (Å²) in [6.45, 7) is 1.78. The average molecular weight is 308 g/mol. The van der Waals surface area contributed by atoms with Crippen molar-refractivity contribution in [2.24, 2.45) is 10.3 Å². The van der Waals surface area contributed by atoms with Gasteiger partial charge in [-0.25, -0.2) is 4.79 Å². The van der Waals surface area contributed by atoms with Crippen LogP contribution >= 0.6 is 11.6 Å². The molecule has 0 bridgehead atoms. The summed E-state index contributed by atoms with van der Waals surface area (Å²) in [4.78, 5) is 38.6. The zero-order valence-corrected chi connectivity index (χ0v) is 11.5. The van der Waals surface area contributed by atoms with E-state index >= 15 is 0 Å².